The van der Waals surface area contributed by atoms with Gasteiger partial charge in [-0.05, 0) is 48.7 Å². The summed E-state index contributed by atoms with van der Waals surface area (Å²) < 4.78 is 3.74. The van der Waals surface area contributed by atoms with Gasteiger partial charge in [0.25, 0.3) is 0 Å². The van der Waals surface area contributed by atoms with Crippen LogP contribution in [0.25, 0.3) is 33.3 Å². The number of pyridine rings is 2. The van der Waals surface area contributed by atoms with Gasteiger partial charge in [-0.25, -0.2) is 14.5 Å². The Labute approximate surface area is 194 Å². The van der Waals surface area contributed by atoms with E-state index in [2.05, 4.69) is 26.5 Å². The lowest BCUT2D eigenvalue weighted by atomic mass is 10.1. The maximum absolute atomic E-state index is 11.2. The number of hydrogen-bond acceptors (Lipinski definition) is 6. The van der Waals surface area contributed by atoms with Crippen LogP contribution in [-0.2, 0) is 6.54 Å². The van der Waals surface area contributed by atoms with Gasteiger partial charge in [-0.15, -0.1) is 5.10 Å². The van der Waals surface area contributed by atoms with Crippen molar-refractivity contribution in [1.82, 2.24) is 39.6 Å². The summed E-state index contributed by atoms with van der Waals surface area (Å²) in [4.78, 5) is 21.8. The van der Waals surface area contributed by atoms with E-state index in [0.717, 1.165) is 46.1 Å². The molecule has 6 rings (SSSR count). The largest absolute Gasteiger partial charge is 0.465 e. The topological polar surface area (TPSA) is 115 Å². The zero-order valence-electron chi connectivity index (χ0n) is 18.3. The third-order valence-corrected chi connectivity index (χ3v) is 6.37. The van der Waals surface area contributed by atoms with Crippen molar-refractivity contribution in [1.29, 1.82) is 0 Å². The molecule has 0 spiro atoms. The molecular formula is C24H22N8O2. The van der Waals surface area contributed by atoms with E-state index in [-0.39, 0.29) is 6.04 Å². The second-order valence-electron chi connectivity index (χ2n) is 8.53. The van der Waals surface area contributed by atoms with Gasteiger partial charge in [-0.1, -0.05) is 17.3 Å². The molecule has 10 nitrogen and oxygen atoms in total. The van der Waals surface area contributed by atoms with Gasteiger partial charge in [-0.2, -0.15) is 5.10 Å². The predicted molar refractivity (Wildman–Crippen MR) is 125 cm³/mol. The molecule has 0 atom stereocenters. The van der Waals surface area contributed by atoms with Gasteiger partial charge in [-0.3, -0.25) is 9.67 Å². The lowest BCUT2D eigenvalue weighted by molar-refractivity contribution is 0.124. The molecule has 5 heterocycles. The highest BCUT2D eigenvalue weighted by Gasteiger charge is 2.24. The summed E-state index contributed by atoms with van der Waals surface area (Å²) in [5.74, 6) is 0. The minimum atomic E-state index is -0.859. The first-order valence-electron chi connectivity index (χ1n) is 11.2. The molecule has 1 fully saturated rings. The van der Waals surface area contributed by atoms with E-state index in [9.17, 15) is 4.79 Å². The molecular weight excluding hydrogens is 432 g/mol. The van der Waals surface area contributed by atoms with Crippen molar-refractivity contribution >= 4 is 28.2 Å². The quantitative estimate of drug-likeness (QED) is 0.441. The Morgan fingerprint density at radius 3 is 2.79 bits per heavy atom. The molecule has 1 aliphatic rings. The summed E-state index contributed by atoms with van der Waals surface area (Å²) in [6.45, 7) is 1.60. The summed E-state index contributed by atoms with van der Waals surface area (Å²) in [5, 5.41) is 23.4. The molecule has 4 aromatic heterocycles. The second kappa shape index (κ2) is 8.22. The molecule has 0 saturated carbocycles. The molecule has 1 aliphatic heterocycles. The standard InChI is InChI=1S/C24H22N8O2/c33-24(34)30-10-7-19(8-11-30)31-15-18(13-26-31)21-5-6-22-23(27-21)32(29-28-22)14-16-3-4-20-17(12-16)2-1-9-25-20/h1-6,9,12-13,15,19H,7-8,10-11,14H2,(H,33,34). The normalized spacial score (nSPS) is 14.8. The van der Waals surface area contributed by atoms with E-state index in [1.807, 2.05) is 58.2 Å². The van der Waals surface area contributed by atoms with Gasteiger partial charge in [0, 0.05) is 36.4 Å². The third-order valence-electron chi connectivity index (χ3n) is 6.37. The monoisotopic (exact) mass is 454 g/mol. The van der Waals surface area contributed by atoms with Crippen LogP contribution in [0.1, 0.15) is 24.4 Å². The van der Waals surface area contributed by atoms with Gasteiger partial charge >= 0.3 is 6.09 Å². The third kappa shape index (κ3) is 3.72. The minimum Gasteiger partial charge on any atom is -0.465 e. The summed E-state index contributed by atoms with van der Waals surface area (Å²) in [5.41, 5.74) is 5.21. The maximum atomic E-state index is 11.2. The lowest BCUT2D eigenvalue weighted by Crippen LogP contribution is -2.38. The highest BCUT2D eigenvalue weighted by molar-refractivity contribution is 5.79. The average molecular weight is 454 g/mol. The lowest BCUT2D eigenvalue weighted by Gasteiger charge is -2.29. The van der Waals surface area contributed by atoms with Crippen molar-refractivity contribution in [3.8, 4) is 11.3 Å². The van der Waals surface area contributed by atoms with E-state index in [1.165, 1.54) is 4.90 Å². The molecule has 0 unspecified atom stereocenters. The molecule has 0 bridgehead atoms. The molecule has 0 radical (unpaired) electrons. The summed E-state index contributed by atoms with van der Waals surface area (Å²) in [6.07, 6.45) is 6.22. The van der Waals surface area contributed by atoms with Gasteiger partial charge < -0.3 is 10.0 Å². The van der Waals surface area contributed by atoms with E-state index in [0.29, 0.717) is 25.3 Å². The summed E-state index contributed by atoms with van der Waals surface area (Å²) >= 11 is 0. The Bertz CT molecular complexity index is 1500. The molecule has 1 aromatic carbocycles. The second-order valence-corrected chi connectivity index (χ2v) is 8.53. The van der Waals surface area contributed by atoms with Crippen LogP contribution in [0.4, 0.5) is 4.79 Å². The van der Waals surface area contributed by atoms with E-state index >= 15 is 0 Å². The highest BCUT2D eigenvalue weighted by Crippen LogP contribution is 2.26. The number of carboxylic acid groups (broad SMARTS) is 1. The van der Waals surface area contributed by atoms with Crippen LogP contribution in [0.2, 0.25) is 0 Å². The number of hydrogen-bond donors (Lipinski definition) is 1. The fraction of sp³-hybridized carbons (Fsp3) is 0.250. The number of piperidine rings is 1. The fourth-order valence-electron chi connectivity index (χ4n) is 4.51. The minimum absolute atomic E-state index is 0.183. The van der Waals surface area contributed by atoms with Gasteiger partial charge in [0.1, 0.15) is 5.52 Å². The van der Waals surface area contributed by atoms with Crippen molar-refractivity contribution < 1.29 is 9.90 Å². The van der Waals surface area contributed by atoms with Crippen LogP contribution in [0, 0.1) is 0 Å². The molecule has 34 heavy (non-hydrogen) atoms. The van der Waals surface area contributed by atoms with Gasteiger partial charge in [0.05, 0.1) is 30.0 Å². The van der Waals surface area contributed by atoms with Crippen molar-refractivity contribution in [2.75, 3.05) is 13.1 Å². The number of benzene rings is 1. The number of carbonyl (C=O) groups is 1. The Balaban J connectivity index is 1.25. The number of rotatable bonds is 4. The molecule has 1 saturated heterocycles. The summed E-state index contributed by atoms with van der Waals surface area (Å²) in [7, 11) is 0. The first-order valence-corrected chi connectivity index (χ1v) is 11.2. The Hall–Kier alpha value is -4.34. The smallest absolute Gasteiger partial charge is 0.407 e. The number of likely N-dealkylation sites (tertiary alicyclic amines) is 1. The van der Waals surface area contributed by atoms with Gasteiger partial charge in [0.2, 0.25) is 0 Å². The Morgan fingerprint density at radius 2 is 1.94 bits per heavy atom. The molecule has 5 aromatic rings. The van der Waals surface area contributed by atoms with Crippen molar-refractivity contribution in [3.63, 3.8) is 0 Å². The Kier molecular flexibility index (Phi) is 4.90. The number of nitrogens with zero attached hydrogens (tertiary/aromatic N) is 8. The zero-order valence-corrected chi connectivity index (χ0v) is 18.3. The molecule has 170 valence electrons. The molecule has 10 heteroatoms. The van der Waals surface area contributed by atoms with Crippen molar-refractivity contribution in [2.45, 2.75) is 25.4 Å². The fourth-order valence-corrected chi connectivity index (χ4v) is 4.51. The van der Waals surface area contributed by atoms with Crippen molar-refractivity contribution in [2.24, 2.45) is 0 Å². The van der Waals surface area contributed by atoms with E-state index in [4.69, 9.17) is 10.1 Å². The van der Waals surface area contributed by atoms with Crippen LogP contribution in [0.15, 0.2) is 61.1 Å². The highest BCUT2D eigenvalue weighted by atomic mass is 16.4. The van der Waals surface area contributed by atoms with Crippen LogP contribution < -0.4 is 0 Å². The molecule has 1 amide bonds. The first-order chi connectivity index (χ1) is 16.6. The maximum Gasteiger partial charge on any atom is 0.407 e. The predicted octanol–water partition coefficient (Wildman–Crippen LogP) is 3.60. The number of fused-ring (bicyclic) bond motifs is 2. The van der Waals surface area contributed by atoms with Crippen LogP contribution in [0.3, 0.4) is 0 Å². The SMILES string of the molecule is O=C(O)N1CCC(n2cc(-c3ccc4nnn(Cc5ccc6ncccc6c5)c4n3)cn2)CC1. The van der Waals surface area contributed by atoms with Crippen LogP contribution in [-0.4, -0.2) is 63.9 Å². The number of aromatic nitrogens is 7. The van der Waals surface area contributed by atoms with Crippen LogP contribution in [0.5, 0.6) is 0 Å². The van der Waals surface area contributed by atoms with E-state index < -0.39 is 6.09 Å². The van der Waals surface area contributed by atoms with Crippen molar-refractivity contribution in [3.05, 3.63) is 66.6 Å². The Morgan fingerprint density at radius 1 is 1.09 bits per heavy atom. The van der Waals surface area contributed by atoms with Gasteiger partial charge in [0.15, 0.2) is 5.65 Å². The molecule has 0 aliphatic carbocycles. The average Bonchev–Trinajstić information content (AvgIpc) is 3.52. The molecule has 1 N–H and O–H groups in total. The van der Waals surface area contributed by atoms with E-state index in [1.54, 1.807) is 6.20 Å². The first kappa shape index (κ1) is 20.3. The zero-order chi connectivity index (χ0) is 23.1. The number of amides is 1. The van der Waals surface area contributed by atoms with Crippen LogP contribution >= 0.6 is 0 Å². The summed E-state index contributed by atoms with van der Waals surface area (Å²) in [6, 6.07) is 14.2.